The van der Waals surface area contributed by atoms with Gasteiger partial charge in [-0.15, -0.1) is 0 Å². The molecule has 0 atom stereocenters. The van der Waals surface area contributed by atoms with Crippen LogP contribution < -0.4 is 0 Å². The summed E-state index contributed by atoms with van der Waals surface area (Å²) in [6, 6.07) is 10.5. The van der Waals surface area contributed by atoms with Crippen LogP contribution in [0.3, 0.4) is 0 Å². The molecule has 0 saturated carbocycles. The van der Waals surface area contributed by atoms with Crippen molar-refractivity contribution >= 4 is 18.1 Å². The van der Waals surface area contributed by atoms with Crippen LogP contribution in [0.2, 0.25) is 0 Å². The standard InChI is InChI=1S/C12H12O.C10H18O3.C9H14O5/c1-9-3-5-11(6-4-9)12-7-10(2)13-8-12;1-3-10(11)13-9-7-5-4-6-8-12-2;1-3-8(10)13-6-4-5-7-14-9(11)12-2/h3-8H,1-2H3;3H,1,4-9H2,2H3;3H,1,4-7H2,2H3. The Morgan fingerprint density at radius 3 is 1.68 bits per heavy atom. The van der Waals surface area contributed by atoms with Crippen molar-refractivity contribution in [2.24, 2.45) is 0 Å². The Labute approximate surface area is 238 Å². The zero-order chi connectivity index (χ0) is 30.0. The van der Waals surface area contributed by atoms with Gasteiger partial charge < -0.3 is 28.1 Å². The van der Waals surface area contributed by atoms with E-state index in [1.165, 1.54) is 24.3 Å². The maximum Gasteiger partial charge on any atom is 0.507 e. The van der Waals surface area contributed by atoms with E-state index >= 15 is 0 Å². The zero-order valence-electron chi connectivity index (χ0n) is 24.3. The lowest BCUT2D eigenvalue weighted by Gasteiger charge is -2.03. The Kier molecular flexibility index (Phi) is 21.9. The number of furan rings is 1. The quantitative estimate of drug-likeness (QED) is 0.101. The Hall–Kier alpha value is -3.85. The van der Waals surface area contributed by atoms with Crippen LogP contribution >= 0.6 is 0 Å². The van der Waals surface area contributed by atoms with E-state index in [1.807, 2.05) is 13.0 Å². The minimum Gasteiger partial charge on any atom is -0.469 e. The molecule has 0 fully saturated rings. The van der Waals surface area contributed by atoms with Gasteiger partial charge >= 0.3 is 18.1 Å². The SMILES string of the molecule is C=CC(=O)OCCCCCCOC.C=CC(=O)OCCCCOC(=O)OC.Cc1ccc(-c2coc(C)c2)cc1. The number of unbranched alkanes of at least 4 members (excludes halogenated alkanes) is 4. The third-order valence-electron chi connectivity index (χ3n) is 5.11. The highest BCUT2D eigenvalue weighted by Gasteiger charge is 2.01. The van der Waals surface area contributed by atoms with E-state index in [2.05, 4.69) is 53.8 Å². The molecule has 0 aliphatic heterocycles. The lowest BCUT2D eigenvalue weighted by Crippen LogP contribution is -2.07. The lowest BCUT2D eigenvalue weighted by molar-refractivity contribution is -0.138. The molecule has 0 amide bonds. The van der Waals surface area contributed by atoms with Gasteiger partial charge in [0.15, 0.2) is 0 Å². The molecule has 222 valence electrons. The largest absolute Gasteiger partial charge is 0.507 e. The summed E-state index contributed by atoms with van der Waals surface area (Å²) in [6.45, 7) is 12.5. The highest BCUT2D eigenvalue weighted by molar-refractivity contribution is 5.81. The van der Waals surface area contributed by atoms with E-state index < -0.39 is 12.1 Å². The predicted octanol–water partition coefficient (Wildman–Crippen LogP) is 6.76. The van der Waals surface area contributed by atoms with E-state index in [4.69, 9.17) is 18.6 Å². The molecule has 2 rings (SSSR count). The number of benzene rings is 1. The average Bonchev–Trinajstić information content (AvgIpc) is 3.41. The Morgan fingerprint density at radius 2 is 1.23 bits per heavy atom. The number of rotatable bonds is 15. The van der Waals surface area contributed by atoms with Crippen molar-refractivity contribution in [2.45, 2.75) is 52.4 Å². The van der Waals surface area contributed by atoms with Gasteiger partial charge in [0.2, 0.25) is 0 Å². The van der Waals surface area contributed by atoms with Gasteiger partial charge in [-0.3, -0.25) is 0 Å². The van der Waals surface area contributed by atoms with Gasteiger partial charge in [0.25, 0.3) is 0 Å². The Balaban J connectivity index is 0.000000571. The van der Waals surface area contributed by atoms with Crippen LogP contribution in [-0.2, 0) is 33.3 Å². The second-order valence-corrected chi connectivity index (χ2v) is 8.47. The number of carbonyl (C=O) groups excluding carboxylic acids is 3. The molecule has 0 spiro atoms. The molecule has 1 aromatic carbocycles. The first-order chi connectivity index (χ1) is 19.3. The molecule has 9 nitrogen and oxygen atoms in total. The third-order valence-corrected chi connectivity index (χ3v) is 5.11. The molecule has 40 heavy (non-hydrogen) atoms. The lowest BCUT2D eigenvalue weighted by atomic mass is 10.1. The van der Waals surface area contributed by atoms with Crippen molar-refractivity contribution in [3.8, 4) is 11.1 Å². The molecule has 0 radical (unpaired) electrons. The van der Waals surface area contributed by atoms with Crippen LogP contribution in [0.5, 0.6) is 0 Å². The van der Waals surface area contributed by atoms with Crippen LogP contribution in [0.15, 0.2) is 66.3 Å². The molecule has 1 heterocycles. The van der Waals surface area contributed by atoms with Gasteiger partial charge in [-0.2, -0.15) is 0 Å². The monoisotopic (exact) mass is 560 g/mol. The number of ether oxygens (including phenoxy) is 5. The van der Waals surface area contributed by atoms with Gasteiger partial charge in [0, 0.05) is 31.4 Å². The summed E-state index contributed by atoms with van der Waals surface area (Å²) in [6.07, 6.45) is 8.84. The number of esters is 2. The van der Waals surface area contributed by atoms with Gasteiger partial charge in [0.05, 0.1) is 33.2 Å². The molecule has 0 aliphatic carbocycles. The molecule has 0 unspecified atom stereocenters. The van der Waals surface area contributed by atoms with Gasteiger partial charge in [0.1, 0.15) is 5.76 Å². The predicted molar refractivity (Wildman–Crippen MR) is 154 cm³/mol. The number of methoxy groups -OCH3 is 2. The smallest absolute Gasteiger partial charge is 0.469 e. The fourth-order valence-corrected chi connectivity index (χ4v) is 2.92. The summed E-state index contributed by atoms with van der Waals surface area (Å²) in [4.78, 5) is 31.6. The molecule has 0 aliphatic rings. The Morgan fingerprint density at radius 1 is 0.725 bits per heavy atom. The first-order valence-electron chi connectivity index (χ1n) is 13.2. The second-order valence-electron chi connectivity index (χ2n) is 8.47. The van der Waals surface area contributed by atoms with E-state index in [1.54, 1.807) is 13.4 Å². The zero-order valence-corrected chi connectivity index (χ0v) is 24.3. The van der Waals surface area contributed by atoms with E-state index in [-0.39, 0.29) is 12.6 Å². The van der Waals surface area contributed by atoms with Crippen molar-refractivity contribution in [2.75, 3.05) is 40.6 Å². The highest BCUT2D eigenvalue weighted by atomic mass is 16.7. The molecule has 0 saturated heterocycles. The molecule has 2 aromatic rings. The summed E-state index contributed by atoms with van der Waals surface area (Å²) >= 11 is 0. The molecular weight excluding hydrogens is 516 g/mol. The van der Waals surface area contributed by atoms with Crippen molar-refractivity contribution in [3.63, 3.8) is 0 Å². The minimum atomic E-state index is -0.701. The summed E-state index contributed by atoms with van der Waals surface area (Å²) < 4.78 is 28.5. The van der Waals surface area contributed by atoms with E-state index in [0.717, 1.165) is 49.7 Å². The van der Waals surface area contributed by atoms with Crippen LogP contribution in [0.4, 0.5) is 4.79 Å². The molecule has 9 heteroatoms. The summed E-state index contributed by atoms with van der Waals surface area (Å²) in [7, 11) is 2.94. The molecule has 0 bridgehead atoms. The number of hydrogen-bond donors (Lipinski definition) is 0. The number of hydrogen-bond acceptors (Lipinski definition) is 9. The maximum absolute atomic E-state index is 10.6. The Bertz CT molecular complexity index is 977. The van der Waals surface area contributed by atoms with Crippen molar-refractivity contribution in [1.82, 2.24) is 0 Å². The number of carbonyl (C=O) groups is 3. The maximum atomic E-state index is 10.6. The van der Waals surface area contributed by atoms with Gasteiger partial charge in [-0.25, -0.2) is 14.4 Å². The first-order valence-corrected chi connectivity index (χ1v) is 13.2. The summed E-state index contributed by atoms with van der Waals surface area (Å²) in [5, 5.41) is 0. The summed E-state index contributed by atoms with van der Waals surface area (Å²) in [5.74, 6) is 0.173. The van der Waals surface area contributed by atoms with Crippen LogP contribution in [0, 0.1) is 13.8 Å². The van der Waals surface area contributed by atoms with E-state index in [9.17, 15) is 14.4 Å². The number of aryl methyl sites for hydroxylation is 2. The van der Waals surface area contributed by atoms with E-state index in [0.29, 0.717) is 26.1 Å². The van der Waals surface area contributed by atoms with Gasteiger partial charge in [-0.05, 0) is 57.6 Å². The first kappa shape index (κ1) is 36.1. The average molecular weight is 561 g/mol. The highest BCUT2D eigenvalue weighted by Crippen LogP contribution is 2.21. The van der Waals surface area contributed by atoms with Crippen molar-refractivity contribution in [3.05, 3.63) is 73.2 Å². The van der Waals surface area contributed by atoms with Crippen LogP contribution in [-0.4, -0.2) is 58.7 Å². The fourth-order valence-electron chi connectivity index (χ4n) is 2.92. The second kappa shape index (κ2) is 24.2. The third kappa shape index (κ3) is 20.2. The summed E-state index contributed by atoms with van der Waals surface area (Å²) in [5.41, 5.74) is 3.64. The molecule has 1 aromatic heterocycles. The molecular formula is C31H44O9. The van der Waals surface area contributed by atoms with Gasteiger partial charge in [-0.1, -0.05) is 49.4 Å². The minimum absolute atomic E-state index is 0.262. The van der Waals surface area contributed by atoms with Crippen molar-refractivity contribution in [1.29, 1.82) is 0 Å². The van der Waals surface area contributed by atoms with Crippen LogP contribution in [0.25, 0.3) is 11.1 Å². The van der Waals surface area contributed by atoms with Crippen LogP contribution in [0.1, 0.15) is 49.8 Å². The normalized spacial score (nSPS) is 9.60. The molecule has 0 N–H and O–H groups in total. The fraction of sp³-hybridized carbons (Fsp3) is 0.452. The topological polar surface area (TPSA) is 110 Å². The van der Waals surface area contributed by atoms with Crippen molar-refractivity contribution < 1.29 is 42.5 Å².